The van der Waals surface area contributed by atoms with Gasteiger partial charge in [0, 0.05) is 36.5 Å². The maximum Gasteiger partial charge on any atom is 0.131 e. The summed E-state index contributed by atoms with van der Waals surface area (Å²) in [6, 6.07) is 1.95. The summed E-state index contributed by atoms with van der Waals surface area (Å²) < 4.78 is 0. The maximum absolute atomic E-state index is 4.49. The van der Waals surface area contributed by atoms with Gasteiger partial charge in [0.25, 0.3) is 0 Å². The van der Waals surface area contributed by atoms with Gasteiger partial charge in [0.15, 0.2) is 0 Å². The van der Waals surface area contributed by atoms with Crippen molar-refractivity contribution in [2.45, 2.75) is 39.0 Å². The quantitative estimate of drug-likeness (QED) is 0.912. The van der Waals surface area contributed by atoms with Gasteiger partial charge in [0.1, 0.15) is 18.0 Å². The Morgan fingerprint density at radius 2 is 1.90 bits per heavy atom. The minimum atomic E-state index is 0.563. The van der Waals surface area contributed by atoms with Crippen LogP contribution >= 0.6 is 0 Å². The van der Waals surface area contributed by atoms with Gasteiger partial charge in [-0.15, -0.1) is 0 Å². The van der Waals surface area contributed by atoms with E-state index in [1.54, 1.807) is 6.33 Å². The summed E-state index contributed by atoms with van der Waals surface area (Å²) in [4.78, 5) is 17.5. The summed E-state index contributed by atoms with van der Waals surface area (Å²) in [5.74, 6) is 2.95. The molecule has 0 bridgehead atoms. The minimum Gasteiger partial charge on any atom is -0.370 e. The number of nitrogens with zero attached hydrogens (tertiary/aromatic N) is 4. The molecule has 3 rings (SSSR count). The number of rotatable bonds is 5. The molecular formula is C16H21N5. The predicted octanol–water partition coefficient (Wildman–Crippen LogP) is 3.27. The van der Waals surface area contributed by atoms with Crippen molar-refractivity contribution >= 4 is 5.82 Å². The lowest BCUT2D eigenvalue weighted by atomic mass is 9.85. The Balaban J connectivity index is 1.74. The van der Waals surface area contributed by atoms with Crippen LogP contribution in [-0.4, -0.2) is 26.5 Å². The first-order valence-corrected chi connectivity index (χ1v) is 7.60. The highest BCUT2D eigenvalue weighted by molar-refractivity contribution is 5.60. The molecule has 1 fully saturated rings. The second-order valence-electron chi connectivity index (χ2n) is 6.02. The van der Waals surface area contributed by atoms with Gasteiger partial charge in [-0.25, -0.2) is 19.9 Å². The summed E-state index contributed by atoms with van der Waals surface area (Å²) >= 11 is 0. The molecule has 0 aliphatic heterocycles. The highest BCUT2D eigenvalue weighted by atomic mass is 15.0. The van der Waals surface area contributed by atoms with Crippen molar-refractivity contribution in [2.24, 2.45) is 5.92 Å². The van der Waals surface area contributed by atoms with E-state index in [2.05, 4.69) is 39.1 Å². The monoisotopic (exact) mass is 283 g/mol. The van der Waals surface area contributed by atoms with Crippen molar-refractivity contribution in [3.8, 4) is 11.3 Å². The van der Waals surface area contributed by atoms with Gasteiger partial charge in [0.05, 0.1) is 5.69 Å². The molecule has 0 saturated heterocycles. The zero-order valence-electron chi connectivity index (χ0n) is 12.6. The molecule has 5 heteroatoms. The van der Waals surface area contributed by atoms with Gasteiger partial charge in [-0.05, 0) is 18.8 Å². The third-order valence-corrected chi connectivity index (χ3v) is 3.80. The van der Waals surface area contributed by atoms with Crippen LogP contribution in [-0.2, 0) is 0 Å². The van der Waals surface area contributed by atoms with E-state index in [1.165, 1.54) is 19.3 Å². The van der Waals surface area contributed by atoms with Gasteiger partial charge in [-0.2, -0.15) is 0 Å². The molecule has 0 atom stereocenters. The molecule has 2 aromatic heterocycles. The molecule has 2 heterocycles. The Hall–Kier alpha value is -2.04. The number of hydrogen-bond donors (Lipinski definition) is 1. The summed E-state index contributed by atoms with van der Waals surface area (Å²) in [7, 11) is 0. The molecule has 5 nitrogen and oxygen atoms in total. The zero-order chi connectivity index (χ0) is 14.7. The molecule has 1 N–H and O–H groups in total. The third kappa shape index (κ3) is 3.35. The second-order valence-corrected chi connectivity index (χ2v) is 6.02. The average molecular weight is 283 g/mol. The van der Waals surface area contributed by atoms with Crippen molar-refractivity contribution in [2.75, 3.05) is 11.9 Å². The molecule has 0 aromatic carbocycles. The topological polar surface area (TPSA) is 63.6 Å². The fourth-order valence-electron chi connectivity index (χ4n) is 2.27. The molecule has 0 amide bonds. The van der Waals surface area contributed by atoms with E-state index in [-0.39, 0.29) is 0 Å². The summed E-state index contributed by atoms with van der Waals surface area (Å²) in [5.41, 5.74) is 1.80. The molecule has 0 spiro atoms. The van der Waals surface area contributed by atoms with E-state index >= 15 is 0 Å². The first kappa shape index (κ1) is 13.9. The SMILES string of the molecule is CC(C)CNc1cc(-c2cnc(C3CCC3)nc2)ncn1. The first-order valence-electron chi connectivity index (χ1n) is 7.60. The third-order valence-electron chi connectivity index (χ3n) is 3.80. The zero-order valence-corrected chi connectivity index (χ0v) is 12.6. The maximum atomic E-state index is 4.49. The Kier molecular flexibility index (Phi) is 4.08. The fourth-order valence-corrected chi connectivity index (χ4v) is 2.27. The lowest BCUT2D eigenvalue weighted by Crippen LogP contribution is -2.12. The second kappa shape index (κ2) is 6.16. The van der Waals surface area contributed by atoms with E-state index in [4.69, 9.17) is 0 Å². The normalized spacial score (nSPS) is 15.0. The molecule has 21 heavy (non-hydrogen) atoms. The smallest absolute Gasteiger partial charge is 0.131 e. The molecule has 1 saturated carbocycles. The molecule has 0 radical (unpaired) electrons. The number of aromatic nitrogens is 4. The Labute approximate surface area is 125 Å². The van der Waals surface area contributed by atoms with Gasteiger partial charge in [0.2, 0.25) is 0 Å². The minimum absolute atomic E-state index is 0.563. The van der Waals surface area contributed by atoms with E-state index in [0.29, 0.717) is 11.8 Å². The van der Waals surface area contributed by atoms with Crippen molar-refractivity contribution in [3.05, 3.63) is 30.6 Å². The van der Waals surface area contributed by atoms with Gasteiger partial charge in [-0.1, -0.05) is 20.3 Å². The Bertz CT molecular complexity index is 590. The number of anilines is 1. The first-order chi connectivity index (χ1) is 10.2. The van der Waals surface area contributed by atoms with Gasteiger partial charge >= 0.3 is 0 Å². The Morgan fingerprint density at radius 3 is 2.52 bits per heavy atom. The lowest BCUT2D eigenvalue weighted by Gasteiger charge is -2.23. The summed E-state index contributed by atoms with van der Waals surface area (Å²) in [5, 5.41) is 3.31. The molecule has 1 aliphatic rings. The highest BCUT2D eigenvalue weighted by Crippen LogP contribution is 2.34. The highest BCUT2D eigenvalue weighted by Gasteiger charge is 2.21. The van der Waals surface area contributed by atoms with E-state index in [0.717, 1.165) is 29.4 Å². The van der Waals surface area contributed by atoms with Gasteiger partial charge in [-0.3, -0.25) is 0 Å². The fraction of sp³-hybridized carbons (Fsp3) is 0.500. The van der Waals surface area contributed by atoms with Crippen LogP contribution < -0.4 is 5.32 Å². The predicted molar refractivity (Wildman–Crippen MR) is 83.0 cm³/mol. The van der Waals surface area contributed by atoms with Crippen LogP contribution in [0.1, 0.15) is 44.9 Å². The van der Waals surface area contributed by atoms with Crippen LogP contribution in [0.2, 0.25) is 0 Å². The van der Waals surface area contributed by atoms with Crippen LogP contribution in [0.15, 0.2) is 24.8 Å². The molecule has 0 unspecified atom stereocenters. The van der Waals surface area contributed by atoms with Crippen molar-refractivity contribution in [1.29, 1.82) is 0 Å². The number of nitrogens with one attached hydrogen (secondary N) is 1. The summed E-state index contributed by atoms with van der Waals surface area (Å²) in [6.45, 7) is 5.23. The molecular weight excluding hydrogens is 262 g/mol. The molecule has 2 aromatic rings. The van der Waals surface area contributed by atoms with Crippen LogP contribution in [0.3, 0.4) is 0 Å². The summed E-state index contributed by atoms with van der Waals surface area (Å²) in [6.07, 6.45) is 9.06. The number of hydrogen-bond acceptors (Lipinski definition) is 5. The van der Waals surface area contributed by atoms with Crippen molar-refractivity contribution in [1.82, 2.24) is 19.9 Å². The van der Waals surface area contributed by atoms with Crippen molar-refractivity contribution < 1.29 is 0 Å². The van der Waals surface area contributed by atoms with Crippen molar-refractivity contribution in [3.63, 3.8) is 0 Å². The molecule has 110 valence electrons. The van der Waals surface area contributed by atoms with Crippen LogP contribution in [0.25, 0.3) is 11.3 Å². The van der Waals surface area contributed by atoms with E-state index in [9.17, 15) is 0 Å². The largest absolute Gasteiger partial charge is 0.370 e. The Morgan fingerprint density at radius 1 is 1.14 bits per heavy atom. The van der Waals surface area contributed by atoms with E-state index in [1.807, 2.05) is 18.5 Å². The van der Waals surface area contributed by atoms with Gasteiger partial charge < -0.3 is 5.32 Å². The molecule has 1 aliphatic carbocycles. The van der Waals surface area contributed by atoms with E-state index < -0.39 is 0 Å². The lowest BCUT2D eigenvalue weighted by molar-refractivity contribution is 0.401. The standard InChI is InChI=1S/C16H21N5/c1-11(2)7-17-15-6-14(20-10-21-15)13-8-18-16(19-9-13)12-4-3-5-12/h6,8-12H,3-5,7H2,1-2H3,(H,17,20,21). The van der Waals surface area contributed by atoms with Crippen LogP contribution in [0, 0.1) is 5.92 Å². The van der Waals surface area contributed by atoms with Crippen LogP contribution in [0.4, 0.5) is 5.82 Å². The average Bonchev–Trinajstić information content (AvgIpc) is 2.44. The van der Waals surface area contributed by atoms with Crippen LogP contribution in [0.5, 0.6) is 0 Å².